The van der Waals surface area contributed by atoms with Crippen molar-refractivity contribution in [3.63, 3.8) is 0 Å². The number of nitrogens with zero attached hydrogens (tertiary/aromatic N) is 1. The lowest BCUT2D eigenvalue weighted by molar-refractivity contribution is 0.263. The van der Waals surface area contributed by atoms with Crippen molar-refractivity contribution in [1.29, 1.82) is 5.41 Å². The van der Waals surface area contributed by atoms with E-state index in [1.165, 1.54) is 12.1 Å². The summed E-state index contributed by atoms with van der Waals surface area (Å²) < 4.78 is 13.2. The Labute approximate surface area is 112 Å². The standard InChI is InChI=1S/C13H19ClFN3/c1-3-18(7-9(2)13(16)17)8-10-6-11(15)4-5-12(10)14/h4-6,9H,3,7-8H2,1-2H3,(H3,16,17). The Balaban J connectivity index is 2.73. The third kappa shape index (κ3) is 4.27. The molecule has 0 saturated heterocycles. The molecule has 1 aromatic rings. The van der Waals surface area contributed by atoms with Gasteiger partial charge in [0.05, 0.1) is 5.84 Å². The van der Waals surface area contributed by atoms with Crippen LogP contribution in [0.25, 0.3) is 0 Å². The van der Waals surface area contributed by atoms with Gasteiger partial charge in [-0.2, -0.15) is 0 Å². The molecule has 0 fully saturated rings. The van der Waals surface area contributed by atoms with Gasteiger partial charge < -0.3 is 5.73 Å². The van der Waals surface area contributed by atoms with Crippen LogP contribution in [0, 0.1) is 17.1 Å². The third-order valence-corrected chi connectivity index (χ3v) is 3.28. The van der Waals surface area contributed by atoms with E-state index in [1.54, 1.807) is 6.07 Å². The van der Waals surface area contributed by atoms with Gasteiger partial charge in [0.25, 0.3) is 0 Å². The lowest BCUT2D eigenvalue weighted by Crippen LogP contribution is -2.34. The van der Waals surface area contributed by atoms with E-state index in [0.29, 0.717) is 18.1 Å². The Morgan fingerprint density at radius 3 is 2.78 bits per heavy atom. The molecule has 1 unspecified atom stereocenters. The van der Waals surface area contributed by atoms with Crippen LogP contribution in [-0.2, 0) is 6.54 Å². The van der Waals surface area contributed by atoms with Gasteiger partial charge in [0.2, 0.25) is 0 Å². The largest absolute Gasteiger partial charge is 0.387 e. The monoisotopic (exact) mass is 271 g/mol. The van der Waals surface area contributed by atoms with Crippen molar-refractivity contribution in [2.75, 3.05) is 13.1 Å². The highest BCUT2D eigenvalue weighted by atomic mass is 35.5. The predicted octanol–water partition coefficient (Wildman–Crippen LogP) is 2.87. The highest BCUT2D eigenvalue weighted by Crippen LogP contribution is 2.19. The van der Waals surface area contributed by atoms with Crippen LogP contribution in [0.1, 0.15) is 19.4 Å². The van der Waals surface area contributed by atoms with E-state index in [9.17, 15) is 4.39 Å². The van der Waals surface area contributed by atoms with Gasteiger partial charge in [-0.15, -0.1) is 0 Å². The molecule has 3 N–H and O–H groups in total. The number of rotatable bonds is 6. The summed E-state index contributed by atoms with van der Waals surface area (Å²) in [5.74, 6) is -0.138. The van der Waals surface area contributed by atoms with E-state index in [2.05, 4.69) is 4.90 Å². The second-order valence-electron chi connectivity index (χ2n) is 4.42. The number of halogens is 2. The Bertz CT molecular complexity index is 423. The van der Waals surface area contributed by atoms with Crippen LogP contribution in [0.4, 0.5) is 4.39 Å². The Morgan fingerprint density at radius 2 is 2.22 bits per heavy atom. The Hall–Kier alpha value is -1.13. The lowest BCUT2D eigenvalue weighted by Gasteiger charge is -2.24. The van der Waals surface area contributed by atoms with Gasteiger partial charge in [-0.25, -0.2) is 4.39 Å². The molecule has 0 radical (unpaired) electrons. The van der Waals surface area contributed by atoms with Gasteiger partial charge in [-0.3, -0.25) is 10.3 Å². The molecule has 0 aliphatic carbocycles. The first-order chi connectivity index (χ1) is 8.43. The molecular formula is C13H19ClFN3. The topological polar surface area (TPSA) is 53.1 Å². The summed E-state index contributed by atoms with van der Waals surface area (Å²) in [4.78, 5) is 2.09. The van der Waals surface area contributed by atoms with Crippen molar-refractivity contribution in [2.24, 2.45) is 11.7 Å². The minimum Gasteiger partial charge on any atom is -0.387 e. The molecule has 1 aromatic carbocycles. The average Bonchev–Trinajstić information content (AvgIpc) is 2.32. The van der Waals surface area contributed by atoms with Crippen molar-refractivity contribution in [2.45, 2.75) is 20.4 Å². The molecule has 0 aromatic heterocycles. The molecule has 1 atom stereocenters. The van der Waals surface area contributed by atoms with Gasteiger partial charge in [0.15, 0.2) is 0 Å². The van der Waals surface area contributed by atoms with Crippen LogP contribution < -0.4 is 5.73 Å². The summed E-state index contributed by atoms with van der Waals surface area (Å²) in [6.07, 6.45) is 0. The Kier molecular flexibility index (Phi) is 5.56. The molecule has 100 valence electrons. The molecule has 0 bridgehead atoms. The summed E-state index contributed by atoms with van der Waals surface area (Å²) in [6, 6.07) is 4.36. The van der Waals surface area contributed by atoms with Crippen LogP contribution in [0.5, 0.6) is 0 Å². The van der Waals surface area contributed by atoms with Gasteiger partial charge in [-0.05, 0) is 30.3 Å². The van der Waals surface area contributed by atoms with Crippen LogP contribution >= 0.6 is 11.6 Å². The second-order valence-corrected chi connectivity index (χ2v) is 4.83. The number of hydrogen-bond donors (Lipinski definition) is 2. The van der Waals surface area contributed by atoms with E-state index < -0.39 is 0 Å². The number of nitrogens with one attached hydrogen (secondary N) is 1. The fourth-order valence-corrected chi connectivity index (χ4v) is 1.87. The molecule has 0 amide bonds. The average molecular weight is 272 g/mol. The fraction of sp³-hybridized carbons (Fsp3) is 0.462. The highest BCUT2D eigenvalue weighted by molar-refractivity contribution is 6.31. The van der Waals surface area contributed by atoms with Crippen molar-refractivity contribution in [3.8, 4) is 0 Å². The smallest absolute Gasteiger partial charge is 0.123 e. The zero-order chi connectivity index (χ0) is 13.7. The van der Waals surface area contributed by atoms with Crippen molar-refractivity contribution >= 4 is 17.4 Å². The third-order valence-electron chi connectivity index (χ3n) is 2.91. The summed E-state index contributed by atoms with van der Waals surface area (Å²) in [6.45, 7) is 5.94. The molecule has 0 aliphatic heterocycles. The van der Waals surface area contributed by atoms with Crippen LogP contribution in [-0.4, -0.2) is 23.8 Å². The number of benzene rings is 1. The summed E-state index contributed by atoms with van der Waals surface area (Å²) in [5.41, 5.74) is 6.22. The minimum atomic E-state index is -0.287. The van der Waals surface area contributed by atoms with Gasteiger partial charge in [-0.1, -0.05) is 25.4 Å². The zero-order valence-electron chi connectivity index (χ0n) is 10.7. The van der Waals surface area contributed by atoms with Gasteiger partial charge in [0.1, 0.15) is 5.82 Å². The highest BCUT2D eigenvalue weighted by Gasteiger charge is 2.13. The predicted molar refractivity (Wildman–Crippen MR) is 73.4 cm³/mol. The maximum atomic E-state index is 13.2. The van der Waals surface area contributed by atoms with Gasteiger partial charge in [0, 0.05) is 24.0 Å². The quantitative estimate of drug-likeness (QED) is 0.617. The molecule has 1 rings (SSSR count). The maximum absolute atomic E-state index is 13.2. The Morgan fingerprint density at radius 1 is 1.56 bits per heavy atom. The van der Waals surface area contributed by atoms with E-state index in [0.717, 1.165) is 12.1 Å². The summed E-state index contributed by atoms with van der Waals surface area (Å²) in [7, 11) is 0. The van der Waals surface area contributed by atoms with Gasteiger partial charge >= 0.3 is 0 Å². The van der Waals surface area contributed by atoms with E-state index in [1.807, 2.05) is 13.8 Å². The van der Waals surface area contributed by atoms with E-state index in [-0.39, 0.29) is 17.6 Å². The molecule has 5 heteroatoms. The molecule has 0 spiro atoms. The molecule has 18 heavy (non-hydrogen) atoms. The summed E-state index contributed by atoms with van der Waals surface area (Å²) in [5, 5.41) is 7.95. The zero-order valence-corrected chi connectivity index (χ0v) is 11.5. The van der Waals surface area contributed by atoms with Crippen molar-refractivity contribution in [3.05, 3.63) is 34.6 Å². The van der Waals surface area contributed by atoms with Crippen LogP contribution in [0.3, 0.4) is 0 Å². The van der Waals surface area contributed by atoms with Crippen molar-refractivity contribution in [1.82, 2.24) is 4.90 Å². The first-order valence-corrected chi connectivity index (χ1v) is 6.32. The number of nitrogens with two attached hydrogens (primary N) is 1. The van der Waals surface area contributed by atoms with Crippen LogP contribution in [0.15, 0.2) is 18.2 Å². The van der Waals surface area contributed by atoms with E-state index >= 15 is 0 Å². The second kappa shape index (κ2) is 6.71. The molecule has 0 aliphatic rings. The minimum absolute atomic E-state index is 0.0164. The van der Waals surface area contributed by atoms with Crippen LogP contribution in [0.2, 0.25) is 5.02 Å². The number of hydrogen-bond acceptors (Lipinski definition) is 2. The number of amidine groups is 1. The fourth-order valence-electron chi connectivity index (χ4n) is 1.70. The lowest BCUT2D eigenvalue weighted by atomic mass is 10.1. The first kappa shape index (κ1) is 14.9. The summed E-state index contributed by atoms with van der Waals surface area (Å²) >= 11 is 6.04. The molecule has 0 saturated carbocycles. The molecule has 3 nitrogen and oxygen atoms in total. The maximum Gasteiger partial charge on any atom is 0.123 e. The first-order valence-electron chi connectivity index (χ1n) is 5.94. The normalized spacial score (nSPS) is 12.7. The molecule has 0 heterocycles. The SMILES string of the molecule is CCN(Cc1cc(F)ccc1Cl)CC(C)C(=N)N. The molecular weight excluding hydrogens is 253 g/mol. The van der Waals surface area contributed by atoms with E-state index in [4.69, 9.17) is 22.7 Å². The van der Waals surface area contributed by atoms with Crippen molar-refractivity contribution < 1.29 is 4.39 Å².